The molecule has 178 valence electrons. The van der Waals surface area contributed by atoms with Crippen LogP contribution in [0.25, 0.3) is 0 Å². The summed E-state index contributed by atoms with van der Waals surface area (Å²) in [4.78, 5) is 11.0. The number of carboxylic acids is 1. The van der Waals surface area contributed by atoms with Gasteiger partial charge >= 0.3 is 0 Å². The van der Waals surface area contributed by atoms with E-state index in [1.54, 1.807) is 0 Å². The molecule has 0 saturated heterocycles. The monoisotopic (exact) mass is 435 g/mol. The number of rotatable bonds is 5. The van der Waals surface area contributed by atoms with E-state index in [-0.39, 0.29) is 59.0 Å². The van der Waals surface area contributed by atoms with Gasteiger partial charge in [-0.2, -0.15) is 0 Å². The van der Waals surface area contributed by atoms with Crippen molar-refractivity contribution in [1.29, 1.82) is 0 Å². The summed E-state index contributed by atoms with van der Waals surface area (Å²) in [5.41, 5.74) is 0.0807. The molecule has 31 heavy (non-hydrogen) atoms. The molecule has 0 amide bonds. The average molecular weight is 436 g/mol. The highest BCUT2D eigenvalue weighted by Crippen LogP contribution is 2.69. The van der Waals surface area contributed by atoms with Crippen LogP contribution in [-0.2, 0) is 4.79 Å². The summed E-state index contributed by atoms with van der Waals surface area (Å²) in [6.45, 7) is 8.98. The first-order valence-corrected chi connectivity index (χ1v) is 12.8. The van der Waals surface area contributed by atoms with E-state index < -0.39 is 12.1 Å². The summed E-state index contributed by atoms with van der Waals surface area (Å²) in [6, 6.07) is 0. The number of carboxylic acid groups (broad SMARTS) is 1. The lowest BCUT2D eigenvalue weighted by Gasteiger charge is -2.64. The third-order valence-electron chi connectivity index (χ3n) is 10.9. The molecule has 4 rings (SSSR count). The van der Waals surface area contributed by atoms with Gasteiger partial charge in [-0.15, -0.1) is 0 Å². The highest BCUT2D eigenvalue weighted by atomic mass is 16.4. The Morgan fingerprint density at radius 1 is 1.03 bits per heavy atom. The molecule has 4 aliphatic carbocycles. The van der Waals surface area contributed by atoms with Gasteiger partial charge in [0.2, 0.25) is 0 Å². The van der Waals surface area contributed by atoms with E-state index >= 15 is 0 Å². The summed E-state index contributed by atoms with van der Waals surface area (Å²) in [6.07, 6.45) is 5.95. The molecule has 0 spiro atoms. The number of aliphatic hydroxyl groups is 3. The molecule has 0 unspecified atom stereocenters. The predicted octanol–water partition coefficient (Wildman–Crippen LogP) is 2.75. The van der Waals surface area contributed by atoms with Crippen molar-refractivity contribution in [2.75, 3.05) is 0 Å². The zero-order chi connectivity index (χ0) is 22.7. The van der Waals surface area contributed by atoms with Crippen LogP contribution in [-0.4, -0.2) is 39.6 Å². The van der Waals surface area contributed by atoms with Crippen molar-refractivity contribution < 1.29 is 25.2 Å². The number of carbonyl (C=O) groups is 1. The molecule has 0 heterocycles. The lowest BCUT2D eigenvalue weighted by molar-refractivity contribution is -0.306. The Hall–Kier alpha value is -0.650. The third-order valence-corrected chi connectivity index (χ3v) is 10.9. The second kappa shape index (κ2) is 8.29. The molecule has 0 aliphatic heterocycles. The van der Waals surface area contributed by atoms with Crippen molar-refractivity contribution in [1.82, 2.24) is 0 Å². The average Bonchev–Trinajstić information content (AvgIpc) is 2.98. The molecule has 0 aromatic carbocycles. The smallest absolute Gasteiger partial charge is 0.0605 e. The molecular weight excluding hydrogens is 392 g/mol. The lowest BCUT2D eigenvalue weighted by atomic mass is 9.41. The zero-order valence-corrected chi connectivity index (χ0v) is 19.8. The fourth-order valence-electron chi connectivity index (χ4n) is 9.57. The third kappa shape index (κ3) is 3.58. The van der Waals surface area contributed by atoms with Crippen LogP contribution in [0.5, 0.6) is 0 Å². The van der Waals surface area contributed by atoms with Gasteiger partial charge in [0.25, 0.3) is 0 Å². The largest absolute Gasteiger partial charge is 0.550 e. The molecule has 0 aromatic rings. The number of hydrogen-bond acceptors (Lipinski definition) is 5. The van der Waals surface area contributed by atoms with Crippen LogP contribution in [0.15, 0.2) is 0 Å². The fourth-order valence-corrected chi connectivity index (χ4v) is 9.57. The molecule has 3 N–H and O–H groups in total. The van der Waals surface area contributed by atoms with E-state index in [2.05, 4.69) is 27.7 Å². The number of hydrogen-bond donors (Lipinski definition) is 3. The maximum absolute atomic E-state index is 11.7. The Labute approximate surface area is 187 Å². The predicted molar refractivity (Wildman–Crippen MR) is 117 cm³/mol. The Bertz CT molecular complexity index is 681. The van der Waals surface area contributed by atoms with Crippen LogP contribution in [0, 0.1) is 52.3 Å². The first kappa shape index (κ1) is 23.5. The van der Waals surface area contributed by atoms with Crippen molar-refractivity contribution >= 4 is 5.97 Å². The van der Waals surface area contributed by atoms with Gasteiger partial charge < -0.3 is 25.2 Å². The molecule has 5 heteroatoms. The SMILES string of the molecule is CC[C@H]1[C@@H](O)[C@@H]2[C@H](CC[C@]3(C)[C@@H]([C@H](C)CCC(=O)[O-])[C@H](O)C[C@@H]23)[C@@]2(C)CC[C@@H](O)C[C@@H]12. The quantitative estimate of drug-likeness (QED) is 0.616. The summed E-state index contributed by atoms with van der Waals surface area (Å²) in [7, 11) is 0. The van der Waals surface area contributed by atoms with Crippen molar-refractivity contribution in [3.05, 3.63) is 0 Å². The molecule has 4 aliphatic rings. The summed E-state index contributed by atoms with van der Waals surface area (Å²) in [5.74, 6) is 0.640. The number of carbonyl (C=O) groups excluding carboxylic acids is 1. The Morgan fingerprint density at radius 2 is 1.71 bits per heavy atom. The Balaban J connectivity index is 1.65. The van der Waals surface area contributed by atoms with E-state index in [0.717, 1.165) is 44.9 Å². The zero-order valence-electron chi connectivity index (χ0n) is 19.8. The molecule has 5 nitrogen and oxygen atoms in total. The maximum Gasteiger partial charge on any atom is 0.0605 e. The van der Waals surface area contributed by atoms with E-state index in [4.69, 9.17) is 0 Å². The number of aliphatic hydroxyl groups excluding tert-OH is 3. The van der Waals surface area contributed by atoms with Gasteiger partial charge in [-0.05, 0) is 104 Å². The highest BCUT2D eigenvalue weighted by Gasteiger charge is 2.66. The highest BCUT2D eigenvalue weighted by molar-refractivity contribution is 5.64. The number of fused-ring (bicyclic) bond motifs is 5. The first-order chi connectivity index (χ1) is 14.5. The van der Waals surface area contributed by atoms with Gasteiger partial charge in [-0.25, -0.2) is 0 Å². The van der Waals surface area contributed by atoms with Gasteiger partial charge in [0, 0.05) is 5.97 Å². The Kier molecular flexibility index (Phi) is 6.28. The van der Waals surface area contributed by atoms with Crippen LogP contribution < -0.4 is 5.11 Å². The molecule has 4 fully saturated rings. The number of aliphatic carboxylic acids is 1. The van der Waals surface area contributed by atoms with Crippen molar-refractivity contribution in [3.8, 4) is 0 Å². The minimum Gasteiger partial charge on any atom is -0.550 e. The summed E-state index contributed by atoms with van der Waals surface area (Å²) < 4.78 is 0. The van der Waals surface area contributed by atoms with Crippen LogP contribution in [0.2, 0.25) is 0 Å². The molecule has 4 saturated carbocycles. The normalized spacial score (nSPS) is 52.7. The summed E-state index contributed by atoms with van der Waals surface area (Å²) in [5, 5.41) is 44.3. The van der Waals surface area contributed by atoms with Gasteiger partial charge in [-0.1, -0.05) is 34.1 Å². The minimum absolute atomic E-state index is 0.0415. The van der Waals surface area contributed by atoms with E-state index in [0.29, 0.717) is 18.3 Å². The van der Waals surface area contributed by atoms with E-state index in [1.807, 2.05) is 0 Å². The molecule has 0 radical (unpaired) electrons. The van der Waals surface area contributed by atoms with Gasteiger partial charge in [-0.3, -0.25) is 0 Å². The second-order valence-electron chi connectivity index (χ2n) is 12.2. The van der Waals surface area contributed by atoms with Gasteiger partial charge in [0.1, 0.15) is 0 Å². The lowest BCUT2D eigenvalue weighted by Crippen LogP contribution is -2.62. The molecular formula is C26H43O5-. The minimum atomic E-state index is -1.02. The van der Waals surface area contributed by atoms with E-state index in [9.17, 15) is 25.2 Å². The van der Waals surface area contributed by atoms with Crippen LogP contribution in [0.1, 0.15) is 85.5 Å². The van der Waals surface area contributed by atoms with Gasteiger partial charge in [0.05, 0.1) is 18.3 Å². The van der Waals surface area contributed by atoms with Crippen LogP contribution in [0.3, 0.4) is 0 Å². The van der Waals surface area contributed by atoms with Crippen molar-refractivity contribution in [2.45, 2.75) is 104 Å². The summed E-state index contributed by atoms with van der Waals surface area (Å²) >= 11 is 0. The fraction of sp³-hybridized carbons (Fsp3) is 0.962. The van der Waals surface area contributed by atoms with Crippen LogP contribution >= 0.6 is 0 Å². The molecule has 0 bridgehead atoms. The van der Waals surface area contributed by atoms with Crippen molar-refractivity contribution in [3.63, 3.8) is 0 Å². The first-order valence-electron chi connectivity index (χ1n) is 12.8. The van der Waals surface area contributed by atoms with E-state index in [1.165, 1.54) is 0 Å². The van der Waals surface area contributed by atoms with Gasteiger partial charge in [0.15, 0.2) is 0 Å². The second-order valence-corrected chi connectivity index (χ2v) is 12.2. The Morgan fingerprint density at radius 3 is 2.35 bits per heavy atom. The topological polar surface area (TPSA) is 101 Å². The van der Waals surface area contributed by atoms with Crippen molar-refractivity contribution in [2.24, 2.45) is 52.3 Å². The standard InChI is InChI=1S/C26H44O5/c1-5-16-18-12-15(27)8-10-25(18,3)17-9-11-26(4)19(22(17)24(16)31)13-20(28)23(26)14(2)6-7-21(29)30/h14-20,22-24,27-28,31H,5-13H2,1-4H3,(H,29,30)/p-1/t14-,15-,16-,17+,18+,19+,20-,22-,23+,24-,25-,26+/m1/s1. The molecule has 0 aromatic heterocycles. The maximum atomic E-state index is 11.7. The molecule has 12 atom stereocenters. The van der Waals surface area contributed by atoms with Crippen LogP contribution in [0.4, 0.5) is 0 Å².